The smallest absolute Gasteiger partial charge is 0.404 e. The number of fused-ring (bicyclic) bond motifs is 1. The average Bonchev–Trinajstić information content (AvgIpc) is 3.35. The van der Waals surface area contributed by atoms with Crippen molar-refractivity contribution in [2.75, 3.05) is 15.8 Å². The van der Waals surface area contributed by atoms with Gasteiger partial charge in [0.15, 0.2) is 5.75 Å². The van der Waals surface area contributed by atoms with Crippen LogP contribution in [-0.2, 0) is 10.0 Å². The highest BCUT2D eigenvalue weighted by Gasteiger charge is 2.35. The Morgan fingerprint density at radius 1 is 1.10 bits per heavy atom. The first-order valence-electron chi connectivity index (χ1n) is 12.5. The zero-order valence-electron chi connectivity index (χ0n) is 21.8. The van der Waals surface area contributed by atoms with E-state index in [0.29, 0.717) is 38.6 Å². The molecule has 1 aliphatic rings. The number of nitrogens with two attached hydrogens (primary N) is 1. The number of anilines is 2. The van der Waals surface area contributed by atoms with Gasteiger partial charge in [0.1, 0.15) is 10.6 Å². The second kappa shape index (κ2) is 12.3. The molecule has 4 N–H and O–H groups in total. The lowest BCUT2D eigenvalue weighted by Gasteiger charge is -2.26. The molecule has 0 aliphatic heterocycles. The lowest BCUT2D eigenvalue weighted by Crippen LogP contribution is -2.33. The Labute approximate surface area is 245 Å². The number of hydrogen-bond acceptors (Lipinski definition) is 9. The molecular weight excluding hydrogens is 601 g/mol. The molecule has 0 bridgehead atoms. The first-order valence-corrected chi connectivity index (χ1v) is 15.1. The number of nitrogens with one attached hydrogen (secondary N) is 2. The summed E-state index contributed by atoms with van der Waals surface area (Å²) in [6.45, 7) is 1.68. The van der Waals surface area contributed by atoms with Crippen molar-refractivity contribution in [2.45, 2.75) is 50.9 Å². The Balaban J connectivity index is 0.00000387. The normalized spacial score (nSPS) is 17.6. The van der Waals surface area contributed by atoms with Gasteiger partial charge in [0, 0.05) is 29.1 Å². The minimum atomic E-state index is -4.87. The first-order chi connectivity index (χ1) is 19.0. The van der Waals surface area contributed by atoms with Crippen LogP contribution in [0.25, 0.3) is 21.3 Å². The Kier molecular flexibility index (Phi) is 9.26. The zero-order chi connectivity index (χ0) is 28.5. The molecular formula is C26H28ClF3N6O3S2. The molecule has 0 amide bonds. The molecule has 15 heteroatoms. The summed E-state index contributed by atoms with van der Waals surface area (Å²) in [4.78, 5) is 14.1. The number of halogens is 4. The number of alkyl halides is 3. The molecule has 2 aromatic heterocycles. The van der Waals surface area contributed by atoms with Crippen LogP contribution in [-0.4, -0.2) is 47.4 Å². The van der Waals surface area contributed by atoms with E-state index < -0.39 is 22.0 Å². The SMILES string of the molecule is Cc1cc(NS(=O)(=O)CC(F)(F)F)c2ccccc2c1Oc1ncsc1-c1ccnc(N[C@H]2CC[C@H](N)CC2)n1.Cl. The topological polar surface area (TPSA) is 132 Å². The third-order valence-corrected chi connectivity index (χ3v) is 8.60. The maximum atomic E-state index is 12.8. The van der Waals surface area contributed by atoms with Gasteiger partial charge in [-0.3, -0.25) is 4.72 Å². The van der Waals surface area contributed by atoms with Crippen LogP contribution >= 0.6 is 23.7 Å². The molecule has 1 fully saturated rings. The maximum Gasteiger partial charge on any atom is 0.404 e. The highest BCUT2D eigenvalue weighted by Crippen LogP contribution is 2.41. The summed E-state index contributed by atoms with van der Waals surface area (Å²) in [5, 5.41) is 4.27. The van der Waals surface area contributed by atoms with Gasteiger partial charge in [-0.15, -0.1) is 23.7 Å². The molecule has 41 heavy (non-hydrogen) atoms. The number of hydrogen-bond donors (Lipinski definition) is 3. The predicted octanol–water partition coefficient (Wildman–Crippen LogP) is 6.26. The van der Waals surface area contributed by atoms with E-state index in [4.69, 9.17) is 10.5 Å². The largest absolute Gasteiger partial charge is 0.437 e. The molecule has 0 saturated heterocycles. The van der Waals surface area contributed by atoms with Gasteiger partial charge in [-0.1, -0.05) is 24.3 Å². The monoisotopic (exact) mass is 628 g/mol. The highest BCUT2D eigenvalue weighted by atomic mass is 35.5. The number of ether oxygens (including phenoxy) is 1. The standard InChI is InChI=1S/C26H27F3N6O3S2.ClH/c1-15-12-21(35-40(36,37)13-26(27,28)29)18-4-2-3-5-19(18)22(15)38-24-23(39-14-32-24)20-10-11-31-25(34-20)33-17-8-6-16(30)7-9-17;/h2-5,10-12,14,16-17,35H,6-9,13,30H2,1H3,(H,31,33,34);1H/t16-,17-;. The molecule has 0 spiro atoms. The summed E-state index contributed by atoms with van der Waals surface area (Å²) in [5.41, 5.74) is 8.78. The Morgan fingerprint density at radius 2 is 1.80 bits per heavy atom. The minimum absolute atomic E-state index is 0. The van der Waals surface area contributed by atoms with Crippen LogP contribution in [0.5, 0.6) is 11.6 Å². The second-order valence-corrected chi connectivity index (χ2v) is 12.3. The van der Waals surface area contributed by atoms with Crippen LogP contribution in [0.3, 0.4) is 0 Å². The number of sulfonamides is 1. The summed E-state index contributed by atoms with van der Waals surface area (Å²) in [7, 11) is -4.68. The van der Waals surface area contributed by atoms with Gasteiger partial charge in [0.2, 0.25) is 21.9 Å². The van der Waals surface area contributed by atoms with Crippen LogP contribution < -0.4 is 20.5 Å². The molecule has 1 saturated carbocycles. The number of aromatic nitrogens is 3. The zero-order valence-corrected chi connectivity index (χ0v) is 24.3. The van der Waals surface area contributed by atoms with Crippen molar-refractivity contribution in [3.63, 3.8) is 0 Å². The van der Waals surface area contributed by atoms with Crippen molar-refractivity contribution in [1.29, 1.82) is 0 Å². The van der Waals surface area contributed by atoms with Crippen LogP contribution in [0.1, 0.15) is 31.2 Å². The second-order valence-electron chi connectivity index (χ2n) is 9.70. The lowest BCUT2D eigenvalue weighted by atomic mass is 9.92. The highest BCUT2D eigenvalue weighted by molar-refractivity contribution is 7.92. The van der Waals surface area contributed by atoms with E-state index in [-0.39, 0.29) is 36.1 Å². The minimum Gasteiger partial charge on any atom is -0.437 e. The van der Waals surface area contributed by atoms with Crippen molar-refractivity contribution in [1.82, 2.24) is 15.0 Å². The van der Waals surface area contributed by atoms with E-state index in [1.54, 1.807) is 49.0 Å². The molecule has 5 rings (SSSR count). The summed E-state index contributed by atoms with van der Waals surface area (Å²) in [5.74, 6) is -0.809. The fourth-order valence-corrected chi connectivity index (χ4v) is 6.39. The summed E-state index contributed by atoms with van der Waals surface area (Å²) in [6, 6.07) is 10.4. The Hall–Kier alpha value is -3.20. The predicted molar refractivity (Wildman–Crippen MR) is 156 cm³/mol. The van der Waals surface area contributed by atoms with Gasteiger partial charge in [-0.05, 0) is 50.3 Å². The molecule has 220 valence electrons. The van der Waals surface area contributed by atoms with E-state index in [9.17, 15) is 21.6 Å². The van der Waals surface area contributed by atoms with Gasteiger partial charge >= 0.3 is 6.18 Å². The molecule has 2 aromatic carbocycles. The van der Waals surface area contributed by atoms with Crippen LogP contribution in [0, 0.1) is 6.92 Å². The van der Waals surface area contributed by atoms with Gasteiger partial charge < -0.3 is 15.8 Å². The van der Waals surface area contributed by atoms with Crippen molar-refractivity contribution in [2.24, 2.45) is 5.73 Å². The van der Waals surface area contributed by atoms with Crippen LogP contribution in [0.2, 0.25) is 0 Å². The maximum absolute atomic E-state index is 12.8. The molecule has 0 radical (unpaired) electrons. The third-order valence-electron chi connectivity index (χ3n) is 6.53. The van der Waals surface area contributed by atoms with Crippen molar-refractivity contribution in [3.05, 3.63) is 53.7 Å². The van der Waals surface area contributed by atoms with Crippen LogP contribution in [0.15, 0.2) is 48.1 Å². The lowest BCUT2D eigenvalue weighted by molar-refractivity contribution is -0.106. The van der Waals surface area contributed by atoms with E-state index in [1.165, 1.54) is 17.4 Å². The van der Waals surface area contributed by atoms with Gasteiger partial charge in [-0.2, -0.15) is 13.2 Å². The van der Waals surface area contributed by atoms with E-state index >= 15 is 0 Å². The fraction of sp³-hybridized carbons (Fsp3) is 0.346. The summed E-state index contributed by atoms with van der Waals surface area (Å²) >= 11 is 1.34. The molecule has 2 heterocycles. The average molecular weight is 629 g/mol. The van der Waals surface area contributed by atoms with E-state index in [2.05, 4.69) is 25.0 Å². The first kappa shape index (κ1) is 30.8. The van der Waals surface area contributed by atoms with E-state index in [1.807, 2.05) is 0 Å². The number of nitrogens with zero attached hydrogens (tertiary/aromatic N) is 3. The Bertz CT molecular complexity index is 1630. The number of benzene rings is 2. The number of aryl methyl sites for hydroxylation is 1. The van der Waals surface area contributed by atoms with Crippen molar-refractivity contribution < 1.29 is 26.3 Å². The van der Waals surface area contributed by atoms with Gasteiger partial charge in [0.05, 0.1) is 16.9 Å². The number of rotatable bonds is 8. The quantitative estimate of drug-likeness (QED) is 0.208. The summed E-state index contributed by atoms with van der Waals surface area (Å²) < 4.78 is 71.1. The van der Waals surface area contributed by atoms with Crippen molar-refractivity contribution >= 4 is 56.2 Å². The summed E-state index contributed by atoms with van der Waals surface area (Å²) in [6.07, 6.45) is 0.559. The molecule has 0 atom stereocenters. The van der Waals surface area contributed by atoms with Gasteiger partial charge in [0.25, 0.3) is 0 Å². The molecule has 4 aromatic rings. The molecule has 1 aliphatic carbocycles. The van der Waals surface area contributed by atoms with E-state index in [0.717, 1.165) is 25.7 Å². The Morgan fingerprint density at radius 3 is 2.51 bits per heavy atom. The van der Waals surface area contributed by atoms with Crippen LogP contribution in [0.4, 0.5) is 24.8 Å². The molecule has 9 nitrogen and oxygen atoms in total. The third kappa shape index (κ3) is 7.56. The number of thiazole rings is 1. The van der Waals surface area contributed by atoms with Crippen molar-refractivity contribution in [3.8, 4) is 22.2 Å². The van der Waals surface area contributed by atoms with Gasteiger partial charge in [-0.25, -0.2) is 23.4 Å². The molecule has 0 unspecified atom stereocenters. The fourth-order valence-electron chi connectivity index (χ4n) is 4.70.